The summed E-state index contributed by atoms with van der Waals surface area (Å²) in [4.78, 5) is 16.2. The number of benzene rings is 1. The molecule has 4 rings (SSSR count). The highest BCUT2D eigenvalue weighted by molar-refractivity contribution is 9.10. The number of aromatic nitrogens is 3. The van der Waals surface area contributed by atoms with Gasteiger partial charge in [-0.3, -0.25) is 9.89 Å². The normalized spacial score (nSPS) is 15.1. The van der Waals surface area contributed by atoms with Gasteiger partial charge >= 0.3 is 0 Å². The molecule has 0 atom stereocenters. The lowest BCUT2D eigenvalue weighted by Gasteiger charge is -2.03. The number of fused-ring (bicyclic) bond motifs is 2. The predicted octanol–water partition coefficient (Wildman–Crippen LogP) is 3.13. The van der Waals surface area contributed by atoms with E-state index in [1.807, 2.05) is 24.3 Å². The SMILES string of the molecule is O=C1Nc2ncc(Br)cc2/C1=C/Nc1ccc2cn[nH]c2c1. The maximum Gasteiger partial charge on any atom is 0.259 e. The molecule has 3 heterocycles. The summed E-state index contributed by atoms with van der Waals surface area (Å²) in [5, 5.41) is 13.8. The number of carbonyl (C=O) groups is 1. The summed E-state index contributed by atoms with van der Waals surface area (Å²) in [6.45, 7) is 0. The Kier molecular flexibility index (Phi) is 2.93. The summed E-state index contributed by atoms with van der Waals surface area (Å²) in [6.07, 6.45) is 5.11. The van der Waals surface area contributed by atoms with Gasteiger partial charge in [0.2, 0.25) is 0 Å². The third-order valence-electron chi connectivity index (χ3n) is 3.45. The molecule has 3 aromatic rings. The zero-order chi connectivity index (χ0) is 15.1. The van der Waals surface area contributed by atoms with Crippen molar-refractivity contribution in [2.45, 2.75) is 0 Å². The Bertz CT molecular complexity index is 931. The van der Waals surface area contributed by atoms with Crippen LogP contribution in [0.15, 0.2) is 47.3 Å². The van der Waals surface area contributed by atoms with E-state index >= 15 is 0 Å². The van der Waals surface area contributed by atoms with Crippen molar-refractivity contribution < 1.29 is 4.79 Å². The van der Waals surface area contributed by atoms with Gasteiger partial charge in [-0.2, -0.15) is 5.10 Å². The van der Waals surface area contributed by atoms with Gasteiger partial charge in [-0.25, -0.2) is 4.98 Å². The number of anilines is 2. The number of carbonyl (C=O) groups excluding carboxylic acids is 1. The number of nitrogens with zero attached hydrogens (tertiary/aromatic N) is 2. The van der Waals surface area contributed by atoms with Crippen molar-refractivity contribution in [1.29, 1.82) is 0 Å². The molecule has 6 nitrogen and oxygen atoms in total. The first-order valence-corrected chi connectivity index (χ1v) is 7.37. The molecule has 22 heavy (non-hydrogen) atoms. The number of nitrogens with one attached hydrogen (secondary N) is 3. The monoisotopic (exact) mass is 355 g/mol. The van der Waals surface area contributed by atoms with Gasteiger partial charge in [-0.15, -0.1) is 0 Å². The Morgan fingerprint density at radius 3 is 3.05 bits per heavy atom. The molecule has 0 unspecified atom stereocenters. The Labute approximate surface area is 133 Å². The number of hydrogen-bond donors (Lipinski definition) is 3. The molecular weight excluding hydrogens is 346 g/mol. The Hall–Kier alpha value is -2.67. The van der Waals surface area contributed by atoms with Crippen LogP contribution in [-0.4, -0.2) is 21.1 Å². The summed E-state index contributed by atoms with van der Waals surface area (Å²) in [7, 11) is 0. The molecule has 0 radical (unpaired) electrons. The van der Waals surface area contributed by atoms with E-state index in [1.165, 1.54) is 0 Å². The third kappa shape index (κ3) is 2.15. The molecule has 1 aliphatic heterocycles. The van der Waals surface area contributed by atoms with E-state index in [2.05, 4.69) is 41.7 Å². The molecule has 1 amide bonds. The van der Waals surface area contributed by atoms with Crippen LogP contribution in [-0.2, 0) is 4.79 Å². The maximum absolute atomic E-state index is 12.0. The molecule has 0 spiro atoms. The van der Waals surface area contributed by atoms with Gasteiger partial charge in [-0.1, -0.05) is 0 Å². The van der Waals surface area contributed by atoms with Crippen molar-refractivity contribution in [3.05, 3.63) is 52.9 Å². The van der Waals surface area contributed by atoms with Crippen LogP contribution in [0.4, 0.5) is 11.5 Å². The van der Waals surface area contributed by atoms with Crippen molar-refractivity contribution in [3.63, 3.8) is 0 Å². The van der Waals surface area contributed by atoms with Crippen LogP contribution in [0.25, 0.3) is 16.5 Å². The van der Waals surface area contributed by atoms with Crippen LogP contribution in [0, 0.1) is 0 Å². The lowest BCUT2D eigenvalue weighted by Crippen LogP contribution is -2.05. The molecule has 0 aliphatic carbocycles. The lowest BCUT2D eigenvalue weighted by molar-refractivity contribution is -0.110. The highest BCUT2D eigenvalue weighted by Crippen LogP contribution is 2.31. The van der Waals surface area contributed by atoms with Gasteiger partial charge in [0.05, 0.1) is 17.3 Å². The number of H-pyrrole nitrogens is 1. The van der Waals surface area contributed by atoms with Crippen molar-refractivity contribution in [1.82, 2.24) is 15.2 Å². The Morgan fingerprint density at radius 1 is 1.23 bits per heavy atom. The molecule has 0 fully saturated rings. The van der Waals surface area contributed by atoms with E-state index in [1.54, 1.807) is 18.6 Å². The maximum atomic E-state index is 12.0. The lowest BCUT2D eigenvalue weighted by atomic mass is 10.1. The van der Waals surface area contributed by atoms with Crippen molar-refractivity contribution >= 4 is 49.8 Å². The summed E-state index contributed by atoms with van der Waals surface area (Å²) in [5.74, 6) is 0.404. The van der Waals surface area contributed by atoms with E-state index in [-0.39, 0.29) is 5.91 Å². The topological polar surface area (TPSA) is 82.7 Å². The van der Waals surface area contributed by atoms with E-state index in [0.717, 1.165) is 26.6 Å². The molecule has 0 bridgehead atoms. The fourth-order valence-electron chi connectivity index (χ4n) is 2.37. The van der Waals surface area contributed by atoms with Gasteiger partial charge < -0.3 is 10.6 Å². The number of hydrogen-bond acceptors (Lipinski definition) is 4. The van der Waals surface area contributed by atoms with Gasteiger partial charge in [0.1, 0.15) is 5.82 Å². The smallest absolute Gasteiger partial charge is 0.259 e. The third-order valence-corrected chi connectivity index (χ3v) is 3.88. The second kappa shape index (κ2) is 4.96. The number of pyridine rings is 1. The molecular formula is C15H10BrN5O. The van der Waals surface area contributed by atoms with Gasteiger partial charge in [0, 0.05) is 33.5 Å². The van der Waals surface area contributed by atoms with E-state index in [0.29, 0.717) is 11.4 Å². The largest absolute Gasteiger partial charge is 0.361 e. The fourth-order valence-corrected chi connectivity index (χ4v) is 2.70. The molecule has 2 aromatic heterocycles. The fraction of sp³-hybridized carbons (Fsp3) is 0. The van der Waals surface area contributed by atoms with E-state index < -0.39 is 0 Å². The molecule has 3 N–H and O–H groups in total. The number of rotatable bonds is 2. The second-order valence-corrected chi connectivity index (χ2v) is 5.79. The van der Waals surface area contributed by atoms with E-state index in [4.69, 9.17) is 0 Å². The van der Waals surface area contributed by atoms with Crippen molar-refractivity contribution in [3.8, 4) is 0 Å². The van der Waals surface area contributed by atoms with Crippen LogP contribution in [0.3, 0.4) is 0 Å². The van der Waals surface area contributed by atoms with Gasteiger partial charge in [0.15, 0.2) is 0 Å². The number of aromatic amines is 1. The van der Waals surface area contributed by atoms with Crippen molar-refractivity contribution in [2.24, 2.45) is 0 Å². The quantitative estimate of drug-likeness (QED) is 0.616. The molecule has 1 aromatic carbocycles. The molecule has 1 aliphatic rings. The van der Waals surface area contributed by atoms with Crippen LogP contribution in [0.2, 0.25) is 0 Å². The predicted molar refractivity (Wildman–Crippen MR) is 88.3 cm³/mol. The average molecular weight is 356 g/mol. The van der Waals surface area contributed by atoms with Gasteiger partial charge in [0.25, 0.3) is 5.91 Å². The van der Waals surface area contributed by atoms with E-state index in [9.17, 15) is 4.79 Å². The summed E-state index contributed by atoms with van der Waals surface area (Å²) < 4.78 is 0.826. The Morgan fingerprint density at radius 2 is 2.14 bits per heavy atom. The average Bonchev–Trinajstić information content (AvgIpc) is 3.08. The van der Waals surface area contributed by atoms with Crippen LogP contribution < -0.4 is 10.6 Å². The van der Waals surface area contributed by atoms with Gasteiger partial charge in [-0.05, 0) is 40.2 Å². The molecule has 7 heteroatoms. The molecule has 108 valence electrons. The Balaban J connectivity index is 1.68. The molecule has 0 saturated heterocycles. The minimum absolute atomic E-state index is 0.171. The summed E-state index contributed by atoms with van der Waals surface area (Å²) in [5.41, 5.74) is 3.13. The standard InChI is InChI=1S/C15H10BrN5O/c16-9-3-11-12(15(22)20-14(11)18-6-9)7-17-10-2-1-8-5-19-21-13(8)4-10/h1-7,17H,(H,19,21)(H,18,20,22)/b12-7-. The molecule has 0 saturated carbocycles. The first-order valence-electron chi connectivity index (χ1n) is 6.58. The highest BCUT2D eigenvalue weighted by Gasteiger charge is 2.25. The van der Waals surface area contributed by atoms with Crippen LogP contribution in [0.5, 0.6) is 0 Å². The second-order valence-electron chi connectivity index (χ2n) is 4.88. The number of amides is 1. The minimum Gasteiger partial charge on any atom is -0.361 e. The van der Waals surface area contributed by atoms with Crippen LogP contribution in [0.1, 0.15) is 5.56 Å². The summed E-state index contributed by atoms with van der Waals surface area (Å²) in [6, 6.07) is 7.69. The first kappa shape index (κ1) is 13.0. The number of halogens is 1. The zero-order valence-corrected chi connectivity index (χ0v) is 12.8. The summed E-state index contributed by atoms with van der Waals surface area (Å²) >= 11 is 3.37. The highest BCUT2D eigenvalue weighted by atomic mass is 79.9. The first-order chi connectivity index (χ1) is 10.7. The van der Waals surface area contributed by atoms with Crippen LogP contribution >= 0.6 is 15.9 Å². The minimum atomic E-state index is -0.171. The zero-order valence-electron chi connectivity index (χ0n) is 11.2. The van der Waals surface area contributed by atoms with Crippen molar-refractivity contribution in [2.75, 3.05) is 10.6 Å².